The minimum absolute atomic E-state index is 0.0195. The summed E-state index contributed by atoms with van der Waals surface area (Å²) in [6, 6.07) is 0.0195. The summed E-state index contributed by atoms with van der Waals surface area (Å²) < 4.78 is 0. The number of nitrogens with one attached hydrogen (secondary N) is 2. The van der Waals surface area contributed by atoms with Crippen molar-refractivity contribution in [2.24, 2.45) is 11.7 Å². The topological polar surface area (TPSA) is 84.2 Å². The first-order valence-electron chi connectivity index (χ1n) is 5.80. The zero-order chi connectivity index (χ0) is 12.6. The monoisotopic (exact) mass is 229 g/mol. The Kier molecular flexibility index (Phi) is 7.54. The summed E-state index contributed by atoms with van der Waals surface area (Å²) in [5, 5.41) is 5.09. The van der Waals surface area contributed by atoms with Crippen molar-refractivity contribution in [1.82, 2.24) is 10.6 Å². The van der Waals surface area contributed by atoms with Crippen LogP contribution in [-0.4, -0.2) is 30.9 Å². The fraction of sp³-hybridized carbons (Fsp3) is 0.818. The number of carbonyl (C=O) groups is 2. The molecular weight excluding hydrogens is 206 g/mol. The Bertz CT molecular complexity index is 231. The van der Waals surface area contributed by atoms with E-state index in [-0.39, 0.29) is 6.04 Å². The highest BCUT2D eigenvalue weighted by Gasteiger charge is 2.16. The second-order valence-corrected chi connectivity index (χ2v) is 4.17. The van der Waals surface area contributed by atoms with Crippen LogP contribution in [0.25, 0.3) is 0 Å². The Morgan fingerprint density at radius 3 is 2.38 bits per heavy atom. The van der Waals surface area contributed by atoms with Crippen molar-refractivity contribution in [3.63, 3.8) is 0 Å². The molecule has 0 aromatic heterocycles. The molecule has 0 saturated heterocycles. The van der Waals surface area contributed by atoms with Crippen molar-refractivity contribution < 1.29 is 9.59 Å². The second kappa shape index (κ2) is 8.10. The minimum Gasteiger partial charge on any atom is -0.347 e. The maximum atomic E-state index is 11.4. The molecule has 0 rings (SSSR count). The van der Waals surface area contributed by atoms with Gasteiger partial charge in [-0.05, 0) is 19.3 Å². The van der Waals surface area contributed by atoms with Gasteiger partial charge in [-0.2, -0.15) is 0 Å². The Hall–Kier alpha value is -1.10. The van der Waals surface area contributed by atoms with Crippen LogP contribution in [0.1, 0.15) is 33.6 Å². The van der Waals surface area contributed by atoms with Crippen LogP contribution in [0.3, 0.4) is 0 Å². The van der Waals surface area contributed by atoms with Gasteiger partial charge in [0.05, 0.1) is 0 Å². The Balaban J connectivity index is 3.89. The molecule has 0 radical (unpaired) electrons. The smallest absolute Gasteiger partial charge is 0.309 e. The molecule has 16 heavy (non-hydrogen) atoms. The largest absolute Gasteiger partial charge is 0.347 e. The zero-order valence-electron chi connectivity index (χ0n) is 10.4. The van der Waals surface area contributed by atoms with E-state index in [0.717, 1.165) is 12.8 Å². The Morgan fingerprint density at radius 1 is 1.25 bits per heavy atom. The average Bonchev–Trinajstić information content (AvgIpc) is 2.25. The molecule has 2 unspecified atom stereocenters. The molecule has 0 fully saturated rings. The van der Waals surface area contributed by atoms with Crippen LogP contribution < -0.4 is 16.4 Å². The SMILES string of the molecule is CCC(C)CC(C)NC(=O)C(=O)NCCN. The van der Waals surface area contributed by atoms with Gasteiger partial charge >= 0.3 is 11.8 Å². The van der Waals surface area contributed by atoms with E-state index in [0.29, 0.717) is 19.0 Å². The molecule has 0 bridgehead atoms. The third-order valence-corrected chi connectivity index (χ3v) is 2.47. The van der Waals surface area contributed by atoms with Crippen LogP contribution in [-0.2, 0) is 9.59 Å². The summed E-state index contributed by atoms with van der Waals surface area (Å²) in [4.78, 5) is 22.6. The fourth-order valence-electron chi connectivity index (χ4n) is 1.38. The molecule has 0 aliphatic carbocycles. The molecule has 0 heterocycles. The summed E-state index contributed by atoms with van der Waals surface area (Å²) in [6.45, 7) is 6.79. The lowest BCUT2D eigenvalue weighted by atomic mass is 10.0. The van der Waals surface area contributed by atoms with Gasteiger partial charge in [0, 0.05) is 19.1 Å². The molecule has 0 aliphatic heterocycles. The van der Waals surface area contributed by atoms with Gasteiger partial charge in [0.1, 0.15) is 0 Å². The normalized spacial score (nSPS) is 14.0. The predicted octanol–water partition coefficient (Wildman–Crippen LogP) is 0.00220. The first-order chi connectivity index (χ1) is 7.51. The van der Waals surface area contributed by atoms with Gasteiger partial charge in [0.25, 0.3) is 0 Å². The quantitative estimate of drug-likeness (QED) is 0.561. The zero-order valence-corrected chi connectivity index (χ0v) is 10.4. The third kappa shape index (κ3) is 6.40. The van der Waals surface area contributed by atoms with Crippen LogP contribution in [0.4, 0.5) is 0 Å². The lowest BCUT2D eigenvalue weighted by Gasteiger charge is -2.17. The van der Waals surface area contributed by atoms with E-state index in [4.69, 9.17) is 5.73 Å². The molecule has 0 spiro atoms. The predicted molar refractivity (Wildman–Crippen MR) is 63.7 cm³/mol. The van der Waals surface area contributed by atoms with Crippen molar-refractivity contribution in [2.75, 3.05) is 13.1 Å². The van der Waals surface area contributed by atoms with Crippen molar-refractivity contribution in [2.45, 2.75) is 39.7 Å². The van der Waals surface area contributed by atoms with Gasteiger partial charge in [-0.1, -0.05) is 20.3 Å². The highest BCUT2D eigenvalue weighted by molar-refractivity contribution is 6.35. The fourth-order valence-corrected chi connectivity index (χ4v) is 1.38. The van der Waals surface area contributed by atoms with Crippen molar-refractivity contribution in [3.8, 4) is 0 Å². The van der Waals surface area contributed by atoms with Gasteiger partial charge in [-0.25, -0.2) is 0 Å². The second-order valence-electron chi connectivity index (χ2n) is 4.17. The molecule has 94 valence electrons. The molecule has 0 saturated carbocycles. The van der Waals surface area contributed by atoms with Gasteiger partial charge < -0.3 is 16.4 Å². The van der Waals surface area contributed by atoms with Crippen LogP contribution in [0.5, 0.6) is 0 Å². The summed E-state index contributed by atoms with van der Waals surface area (Å²) in [5.74, 6) is -0.645. The van der Waals surface area contributed by atoms with Crippen molar-refractivity contribution >= 4 is 11.8 Å². The lowest BCUT2D eigenvalue weighted by Crippen LogP contribution is -2.45. The van der Waals surface area contributed by atoms with E-state index < -0.39 is 11.8 Å². The lowest BCUT2D eigenvalue weighted by molar-refractivity contribution is -0.139. The molecular formula is C11H23N3O2. The first kappa shape index (κ1) is 14.9. The van der Waals surface area contributed by atoms with E-state index in [1.165, 1.54) is 0 Å². The molecule has 5 nitrogen and oxygen atoms in total. The number of carbonyl (C=O) groups excluding carboxylic acids is 2. The van der Waals surface area contributed by atoms with Crippen LogP contribution in [0.2, 0.25) is 0 Å². The standard InChI is InChI=1S/C11H23N3O2/c1-4-8(2)7-9(3)14-11(16)10(15)13-6-5-12/h8-9H,4-7,12H2,1-3H3,(H,13,15)(H,14,16). The summed E-state index contributed by atoms with van der Waals surface area (Å²) in [6.07, 6.45) is 1.95. The third-order valence-electron chi connectivity index (χ3n) is 2.47. The Morgan fingerprint density at radius 2 is 1.88 bits per heavy atom. The maximum Gasteiger partial charge on any atom is 0.309 e. The van der Waals surface area contributed by atoms with Crippen molar-refractivity contribution in [1.29, 1.82) is 0 Å². The number of hydrogen-bond donors (Lipinski definition) is 3. The molecule has 0 aliphatic rings. The van der Waals surface area contributed by atoms with E-state index in [2.05, 4.69) is 24.5 Å². The van der Waals surface area contributed by atoms with Crippen molar-refractivity contribution in [3.05, 3.63) is 0 Å². The first-order valence-corrected chi connectivity index (χ1v) is 5.80. The maximum absolute atomic E-state index is 11.4. The van der Waals surface area contributed by atoms with E-state index in [1.54, 1.807) is 0 Å². The molecule has 5 heteroatoms. The average molecular weight is 229 g/mol. The highest BCUT2D eigenvalue weighted by Crippen LogP contribution is 2.08. The number of nitrogens with two attached hydrogens (primary N) is 1. The van der Waals surface area contributed by atoms with Crippen LogP contribution in [0.15, 0.2) is 0 Å². The summed E-state index contributed by atoms with van der Waals surface area (Å²) in [5.41, 5.74) is 5.22. The Labute approximate surface area is 97.2 Å². The number of hydrogen-bond acceptors (Lipinski definition) is 3. The van der Waals surface area contributed by atoms with E-state index in [1.807, 2.05) is 6.92 Å². The number of rotatable bonds is 6. The van der Waals surface area contributed by atoms with E-state index >= 15 is 0 Å². The van der Waals surface area contributed by atoms with Gasteiger partial charge in [0.15, 0.2) is 0 Å². The summed E-state index contributed by atoms with van der Waals surface area (Å²) in [7, 11) is 0. The van der Waals surface area contributed by atoms with E-state index in [9.17, 15) is 9.59 Å². The van der Waals surface area contributed by atoms with Crippen LogP contribution in [0, 0.1) is 5.92 Å². The molecule has 0 aromatic rings. The minimum atomic E-state index is -0.610. The molecule has 2 amide bonds. The van der Waals surface area contributed by atoms with Gasteiger partial charge in [-0.3, -0.25) is 9.59 Å². The summed E-state index contributed by atoms with van der Waals surface area (Å²) >= 11 is 0. The molecule has 2 atom stereocenters. The van der Waals surface area contributed by atoms with Gasteiger partial charge in [-0.15, -0.1) is 0 Å². The number of amides is 2. The van der Waals surface area contributed by atoms with Gasteiger partial charge in [0.2, 0.25) is 0 Å². The molecule has 4 N–H and O–H groups in total. The molecule has 0 aromatic carbocycles. The van der Waals surface area contributed by atoms with Crippen LogP contribution >= 0.6 is 0 Å². The highest BCUT2D eigenvalue weighted by atomic mass is 16.2.